The Kier molecular flexibility index (Phi) is 4.52. The number of nitrogens with one attached hydrogen (secondary N) is 1. The van der Waals surface area contributed by atoms with Crippen LogP contribution in [0, 0.1) is 0 Å². The number of rotatable bonds is 6. The quantitative estimate of drug-likeness (QED) is 0.820. The monoisotopic (exact) mass is 260 g/mol. The molecule has 0 aliphatic carbocycles. The second-order valence-corrected chi connectivity index (χ2v) is 3.71. The summed E-state index contributed by atoms with van der Waals surface area (Å²) in [4.78, 5) is 8.28. The van der Waals surface area contributed by atoms with Crippen LogP contribution >= 0.6 is 0 Å². The predicted molar refractivity (Wildman–Crippen MR) is 72.9 cm³/mol. The normalized spacial score (nSPS) is 10.0. The number of benzene rings is 1. The first kappa shape index (κ1) is 13.1. The number of nitrogens with two attached hydrogens (primary N) is 1. The lowest BCUT2D eigenvalue weighted by atomic mass is 10.3. The van der Waals surface area contributed by atoms with Gasteiger partial charge in [-0.3, -0.25) is 0 Å². The van der Waals surface area contributed by atoms with Crippen molar-refractivity contribution in [1.82, 2.24) is 9.97 Å². The van der Waals surface area contributed by atoms with E-state index in [1.54, 1.807) is 19.4 Å². The topological polar surface area (TPSA) is 82.3 Å². The predicted octanol–water partition coefficient (Wildman–Crippen LogP) is 1.57. The average molecular weight is 260 g/mol. The summed E-state index contributed by atoms with van der Waals surface area (Å²) >= 11 is 0. The molecule has 0 radical (unpaired) electrons. The van der Waals surface area contributed by atoms with Gasteiger partial charge in [-0.15, -0.1) is 0 Å². The highest BCUT2D eigenvalue weighted by atomic mass is 16.5. The van der Waals surface area contributed by atoms with Crippen molar-refractivity contribution in [2.24, 2.45) is 5.73 Å². The molecule has 0 atom stereocenters. The molecular weight excluding hydrogens is 244 g/mol. The molecule has 1 aromatic carbocycles. The van der Waals surface area contributed by atoms with Crippen LogP contribution in [0.5, 0.6) is 11.6 Å². The fraction of sp³-hybridized carbons (Fsp3) is 0.231. The van der Waals surface area contributed by atoms with E-state index >= 15 is 0 Å². The first-order valence-corrected chi connectivity index (χ1v) is 5.89. The Hall–Kier alpha value is -2.34. The van der Waals surface area contributed by atoms with E-state index in [0.717, 1.165) is 11.4 Å². The Morgan fingerprint density at radius 1 is 1.32 bits per heavy atom. The van der Waals surface area contributed by atoms with Gasteiger partial charge in [0, 0.05) is 30.6 Å². The van der Waals surface area contributed by atoms with Crippen molar-refractivity contribution >= 4 is 11.6 Å². The number of ether oxygens (including phenoxy) is 2. The number of hydrogen-bond acceptors (Lipinski definition) is 6. The van der Waals surface area contributed by atoms with E-state index in [4.69, 9.17) is 15.2 Å². The molecule has 100 valence electrons. The fourth-order valence-electron chi connectivity index (χ4n) is 1.49. The largest absolute Gasteiger partial charge is 0.492 e. The zero-order valence-corrected chi connectivity index (χ0v) is 10.7. The third-order valence-corrected chi connectivity index (χ3v) is 2.32. The molecule has 0 bridgehead atoms. The molecule has 19 heavy (non-hydrogen) atoms. The SMILES string of the molecule is COc1ccnc(Nc2cccc(OCCN)c2)n1. The van der Waals surface area contributed by atoms with Crippen LogP contribution in [0.2, 0.25) is 0 Å². The van der Waals surface area contributed by atoms with Crippen LogP contribution in [-0.2, 0) is 0 Å². The number of aromatic nitrogens is 2. The molecule has 1 heterocycles. The second kappa shape index (κ2) is 6.55. The van der Waals surface area contributed by atoms with E-state index in [-0.39, 0.29) is 0 Å². The third kappa shape index (κ3) is 3.82. The molecule has 0 spiro atoms. The van der Waals surface area contributed by atoms with Gasteiger partial charge in [0.25, 0.3) is 0 Å². The van der Waals surface area contributed by atoms with Crippen molar-refractivity contribution in [2.75, 3.05) is 25.6 Å². The molecule has 0 amide bonds. The summed E-state index contributed by atoms with van der Waals surface area (Å²) in [7, 11) is 1.56. The number of nitrogens with zero attached hydrogens (tertiary/aromatic N) is 2. The van der Waals surface area contributed by atoms with Gasteiger partial charge in [0.1, 0.15) is 12.4 Å². The molecule has 0 saturated heterocycles. The minimum atomic E-state index is 0.468. The molecule has 0 fully saturated rings. The smallest absolute Gasteiger partial charge is 0.230 e. The van der Waals surface area contributed by atoms with E-state index in [1.165, 1.54) is 0 Å². The van der Waals surface area contributed by atoms with E-state index in [9.17, 15) is 0 Å². The van der Waals surface area contributed by atoms with Gasteiger partial charge in [-0.1, -0.05) is 6.07 Å². The van der Waals surface area contributed by atoms with Gasteiger partial charge in [0.05, 0.1) is 7.11 Å². The van der Waals surface area contributed by atoms with Crippen LogP contribution < -0.4 is 20.5 Å². The molecule has 2 rings (SSSR count). The Labute approximate surface area is 111 Å². The van der Waals surface area contributed by atoms with Gasteiger partial charge < -0.3 is 20.5 Å². The summed E-state index contributed by atoms with van der Waals surface area (Å²) in [6, 6.07) is 9.20. The second-order valence-electron chi connectivity index (χ2n) is 3.71. The summed E-state index contributed by atoms with van der Waals surface area (Å²) < 4.78 is 10.5. The lowest BCUT2D eigenvalue weighted by Gasteiger charge is -2.08. The van der Waals surface area contributed by atoms with Crippen LogP contribution in [0.4, 0.5) is 11.6 Å². The summed E-state index contributed by atoms with van der Waals surface area (Å²) in [6.07, 6.45) is 1.63. The van der Waals surface area contributed by atoms with Crippen molar-refractivity contribution < 1.29 is 9.47 Å². The molecule has 6 nitrogen and oxygen atoms in total. The molecule has 6 heteroatoms. The van der Waals surface area contributed by atoms with Crippen LogP contribution in [-0.4, -0.2) is 30.2 Å². The summed E-state index contributed by atoms with van der Waals surface area (Å²) in [6.45, 7) is 0.968. The molecular formula is C13H16N4O2. The highest BCUT2D eigenvalue weighted by Crippen LogP contribution is 2.20. The standard InChI is InChI=1S/C13H16N4O2/c1-18-12-5-7-15-13(17-12)16-10-3-2-4-11(9-10)19-8-6-14/h2-5,7,9H,6,8,14H2,1H3,(H,15,16,17). The third-order valence-electron chi connectivity index (χ3n) is 2.32. The van der Waals surface area contributed by atoms with Crippen molar-refractivity contribution in [2.45, 2.75) is 0 Å². The fourth-order valence-corrected chi connectivity index (χ4v) is 1.49. The number of methoxy groups -OCH3 is 1. The van der Waals surface area contributed by atoms with Gasteiger partial charge >= 0.3 is 0 Å². The van der Waals surface area contributed by atoms with Crippen molar-refractivity contribution in [3.05, 3.63) is 36.5 Å². The molecule has 1 aromatic heterocycles. The van der Waals surface area contributed by atoms with Gasteiger partial charge in [0.15, 0.2) is 0 Å². The maximum absolute atomic E-state index is 5.45. The Morgan fingerprint density at radius 2 is 2.21 bits per heavy atom. The van der Waals surface area contributed by atoms with Gasteiger partial charge in [-0.25, -0.2) is 4.98 Å². The maximum Gasteiger partial charge on any atom is 0.230 e. The van der Waals surface area contributed by atoms with Crippen LogP contribution in [0.25, 0.3) is 0 Å². The molecule has 0 aliphatic rings. The molecule has 0 unspecified atom stereocenters. The average Bonchev–Trinajstić information content (AvgIpc) is 2.46. The Bertz CT molecular complexity index is 534. The Morgan fingerprint density at radius 3 is 3.00 bits per heavy atom. The highest BCUT2D eigenvalue weighted by Gasteiger charge is 2.01. The van der Waals surface area contributed by atoms with Gasteiger partial charge in [-0.2, -0.15) is 4.98 Å². The van der Waals surface area contributed by atoms with Crippen LogP contribution in [0.15, 0.2) is 36.5 Å². The Balaban J connectivity index is 2.09. The van der Waals surface area contributed by atoms with Crippen molar-refractivity contribution in [3.8, 4) is 11.6 Å². The number of anilines is 2. The lowest BCUT2D eigenvalue weighted by molar-refractivity contribution is 0.328. The van der Waals surface area contributed by atoms with Crippen molar-refractivity contribution in [3.63, 3.8) is 0 Å². The summed E-state index contributed by atoms with van der Waals surface area (Å²) in [5, 5.41) is 3.08. The lowest BCUT2D eigenvalue weighted by Crippen LogP contribution is -2.10. The van der Waals surface area contributed by atoms with Crippen molar-refractivity contribution in [1.29, 1.82) is 0 Å². The van der Waals surface area contributed by atoms with Crippen LogP contribution in [0.3, 0.4) is 0 Å². The highest BCUT2D eigenvalue weighted by molar-refractivity contribution is 5.55. The molecule has 2 aromatic rings. The first-order chi connectivity index (χ1) is 9.31. The molecule has 0 aliphatic heterocycles. The van der Waals surface area contributed by atoms with Crippen LogP contribution in [0.1, 0.15) is 0 Å². The zero-order valence-electron chi connectivity index (χ0n) is 10.7. The molecule has 3 N–H and O–H groups in total. The minimum Gasteiger partial charge on any atom is -0.492 e. The van der Waals surface area contributed by atoms with Gasteiger partial charge in [0.2, 0.25) is 11.8 Å². The summed E-state index contributed by atoms with van der Waals surface area (Å²) in [5.41, 5.74) is 6.23. The summed E-state index contributed by atoms with van der Waals surface area (Å²) in [5.74, 6) is 1.72. The van der Waals surface area contributed by atoms with Gasteiger partial charge in [-0.05, 0) is 12.1 Å². The first-order valence-electron chi connectivity index (χ1n) is 5.89. The number of hydrogen-bond donors (Lipinski definition) is 2. The van der Waals surface area contributed by atoms with E-state index in [2.05, 4.69) is 15.3 Å². The van der Waals surface area contributed by atoms with E-state index in [0.29, 0.717) is 25.0 Å². The van der Waals surface area contributed by atoms with E-state index < -0.39 is 0 Å². The molecule has 0 saturated carbocycles. The maximum atomic E-state index is 5.45. The van der Waals surface area contributed by atoms with E-state index in [1.807, 2.05) is 24.3 Å². The minimum absolute atomic E-state index is 0.468. The zero-order chi connectivity index (χ0) is 13.5.